The first-order valence-electron chi connectivity index (χ1n) is 7.00. The van der Waals surface area contributed by atoms with Crippen LogP contribution < -0.4 is 4.87 Å². The molecule has 0 aliphatic heterocycles. The molecule has 0 saturated carbocycles. The zero-order chi connectivity index (χ0) is 16.7. The average Bonchev–Trinajstić information content (AvgIpc) is 3.19. The van der Waals surface area contributed by atoms with E-state index in [1.165, 1.54) is 10.6 Å². The van der Waals surface area contributed by atoms with Gasteiger partial charge in [0.2, 0.25) is 5.58 Å². The van der Waals surface area contributed by atoms with Gasteiger partial charge in [-0.25, -0.2) is 4.39 Å². The molecule has 2 aromatic heterocycles. The van der Waals surface area contributed by atoms with E-state index in [1.807, 2.05) is 30.3 Å². The molecular formula is C17H9FN2O3S. The van der Waals surface area contributed by atoms with Crippen LogP contribution in [0.15, 0.2) is 58.0 Å². The largest absolute Gasteiger partial charge is 0.351 e. The molecule has 7 heteroatoms. The maximum Gasteiger partial charge on any atom is 0.313 e. The molecule has 0 fully saturated rings. The summed E-state index contributed by atoms with van der Waals surface area (Å²) in [4.78, 5) is 23.8. The molecular weight excluding hydrogens is 331 g/mol. The Bertz CT molecular complexity index is 1110. The number of fused-ring (bicyclic) bond motifs is 1. The van der Waals surface area contributed by atoms with Gasteiger partial charge in [0.15, 0.2) is 11.6 Å². The van der Waals surface area contributed by atoms with Crippen LogP contribution in [0.25, 0.3) is 27.2 Å². The van der Waals surface area contributed by atoms with Gasteiger partial charge in [-0.15, -0.1) is 0 Å². The number of hydrogen-bond donors (Lipinski definition) is 0. The Morgan fingerprint density at radius 1 is 1.21 bits per heavy atom. The molecule has 4 aromatic rings. The number of rotatable bonds is 3. The molecule has 5 nitrogen and oxygen atoms in total. The van der Waals surface area contributed by atoms with Crippen molar-refractivity contribution in [2.24, 2.45) is 0 Å². The number of carbonyl (C=O) groups excluding carboxylic acids is 1. The summed E-state index contributed by atoms with van der Waals surface area (Å²) < 4.78 is 20.3. The van der Waals surface area contributed by atoms with E-state index in [9.17, 15) is 14.0 Å². The van der Waals surface area contributed by atoms with Crippen LogP contribution in [0.5, 0.6) is 0 Å². The molecule has 2 aromatic carbocycles. The van der Waals surface area contributed by atoms with E-state index in [0.29, 0.717) is 6.29 Å². The van der Waals surface area contributed by atoms with Crippen molar-refractivity contribution in [2.75, 3.05) is 0 Å². The number of carbonyl (C=O) groups is 1. The summed E-state index contributed by atoms with van der Waals surface area (Å²) >= 11 is 1.05. The van der Waals surface area contributed by atoms with Gasteiger partial charge in [-0.05, 0) is 17.7 Å². The van der Waals surface area contributed by atoms with Gasteiger partial charge in [0, 0.05) is 11.8 Å². The van der Waals surface area contributed by atoms with Gasteiger partial charge in [-0.3, -0.25) is 14.2 Å². The molecule has 0 bridgehead atoms. The summed E-state index contributed by atoms with van der Waals surface area (Å²) in [5.74, 6) is -0.532. The minimum atomic E-state index is -0.695. The Morgan fingerprint density at radius 3 is 2.75 bits per heavy atom. The van der Waals surface area contributed by atoms with Crippen molar-refractivity contribution in [3.63, 3.8) is 0 Å². The van der Waals surface area contributed by atoms with Gasteiger partial charge in [0.1, 0.15) is 6.29 Å². The minimum Gasteiger partial charge on any atom is -0.351 e. The van der Waals surface area contributed by atoms with E-state index in [-0.39, 0.29) is 27.2 Å². The number of benzene rings is 2. The fourth-order valence-corrected chi connectivity index (χ4v) is 3.31. The lowest BCUT2D eigenvalue weighted by Gasteiger charge is -1.97. The number of aldehydes is 1. The van der Waals surface area contributed by atoms with Gasteiger partial charge in [-0.1, -0.05) is 46.8 Å². The maximum atomic E-state index is 14.0. The van der Waals surface area contributed by atoms with Crippen LogP contribution in [-0.2, 0) is 0 Å². The standard InChI is InChI=1S/C17H9FN2O3S/c18-13-7-10(9-21)6-12-15(13)23-19-16(12)20-8-14(24-17(20)22)11-4-2-1-3-5-11/h1-9H. The van der Waals surface area contributed by atoms with Gasteiger partial charge >= 0.3 is 4.87 Å². The molecule has 24 heavy (non-hydrogen) atoms. The van der Waals surface area contributed by atoms with E-state index >= 15 is 0 Å². The van der Waals surface area contributed by atoms with Crippen molar-refractivity contribution in [1.82, 2.24) is 9.72 Å². The van der Waals surface area contributed by atoms with Gasteiger partial charge in [-0.2, -0.15) is 0 Å². The quantitative estimate of drug-likeness (QED) is 0.534. The lowest BCUT2D eigenvalue weighted by atomic mass is 10.1. The first-order valence-corrected chi connectivity index (χ1v) is 7.81. The number of halogens is 1. The predicted molar refractivity (Wildman–Crippen MR) is 88.3 cm³/mol. The van der Waals surface area contributed by atoms with Crippen LogP contribution in [0.1, 0.15) is 10.4 Å². The first kappa shape index (κ1) is 14.5. The lowest BCUT2D eigenvalue weighted by Crippen LogP contribution is -2.09. The SMILES string of the molecule is O=Cc1cc(F)c2onc(-n3cc(-c4ccccc4)sc3=O)c2c1. The van der Waals surface area contributed by atoms with E-state index in [4.69, 9.17) is 4.52 Å². The van der Waals surface area contributed by atoms with Crippen LogP contribution >= 0.6 is 11.3 Å². The molecule has 0 spiro atoms. The summed E-state index contributed by atoms with van der Waals surface area (Å²) in [6.45, 7) is 0. The fourth-order valence-electron chi connectivity index (χ4n) is 2.48. The highest BCUT2D eigenvalue weighted by Gasteiger charge is 2.18. The molecule has 118 valence electrons. The zero-order valence-electron chi connectivity index (χ0n) is 12.1. The van der Waals surface area contributed by atoms with Crippen molar-refractivity contribution < 1.29 is 13.7 Å². The van der Waals surface area contributed by atoms with Crippen molar-refractivity contribution in [1.29, 1.82) is 0 Å². The Morgan fingerprint density at radius 2 is 2.00 bits per heavy atom. The highest BCUT2D eigenvalue weighted by Crippen LogP contribution is 2.28. The lowest BCUT2D eigenvalue weighted by molar-refractivity contribution is 0.112. The number of nitrogens with zero attached hydrogens (tertiary/aromatic N) is 2. The molecule has 0 saturated heterocycles. The van der Waals surface area contributed by atoms with E-state index in [0.717, 1.165) is 27.8 Å². The van der Waals surface area contributed by atoms with E-state index < -0.39 is 5.82 Å². The minimum absolute atomic E-state index is 0.0880. The third-order valence-electron chi connectivity index (χ3n) is 3.59. The van der Waals surface area contributed by atoms with Gasteiger partial charge < -0.3 is 4.52 Å². The number of aromatic nitrogens is 2. The normalized spacial score (nSPS) is 11.0. The molecule has 0 N–H and O–H groups in total. The number of thiazole rings is 1. The Hall–Kier alpha value is -3.06. The van der Waals surface area contributed by atoms with Crippen LogP contribution in [0, 0.1) is 5.82 Å². The third kappa shape index (κ3) is 2.26. The second kappa shape index (κ2) is 5.54. The molecule has 0 atom stereocenters. The summed E-state index contributed by atoms with van der Waals surface area (Å²) in [7, 11) is 0. The van der Waals surface area contributed by atoms with E-state index in [1.54, 1.807) is 6.20 Å². The van der Waals surface area contributed by atoms with Crippen molar-refractivity contribution >= 4 is 28.6 Å². The average molecular weight is 340 g/mol. The van der Waals surface area contributed by atoms with Gasteiger partial charge in [0.05, 0.1) is 10.3 Å². The zero-order valence-corrected chi connectivity index (χ0v) is 12.9. The summed E-state index contributed by atoms with van der Waals surface area (Å²) in [5, 5.41) is 4.08. The summed E-state index contributed by atoms with van der Waals surface area (Å²) in [5.41, 5.74) is 0.955. The summed E-state index contributed by atoms with van der Waals surface area (Å²) in [6, 6.07) is 11.9. The Balaban J connectivity index is 1.93. The topological polar surface area (TPSA) is 65.1 Å². The first-order chi connectivity index (χ1) is 11.7. The van der Waals surface area contributed by atoms with Crippen LogP contribution in [0.2, 0.25) is 0 Å². The maximum absolute atomic E-state index is 14.0. The predicted octanol–water partition coefficient (Wildman–Crippen LogP) is 3.66. The highest BCUT2D eigenvalue weighted by molar-refractivity contribution is 7.12. The van der Waals surface area contributed by atoms with Crippen LogP contribution in [-0.4, -0.2) is 16.0 Å². The molecule has 0 aliphatic rings. The Kier molecular flexibility index (Phi) is 3.35. The van der Waals surface area contributed by atoms with Crippen molar-refractivity contribution in [3.8, 4) is 16.3 Å². The van der Waals surface area contributed by atoms with Gasteiger partial charge in [0.25, 0.3) is 0 Å². The second-order valence-electron chi connectivity index (χ2n) is 5.10. The van der Waals surface area contributed by atoms with Crippen LogP contribution in [0.4, 0.5) is 4.39 Å². The van der Waals surface area contributed by atoms with Crippen LogP contribution in [0.3, 0.4) is 0 Å². The molecule has 0 amide bonds. The van der Waals surface area contributed by atoms with Crippen molar-refractivity contribution in [2.45, 2.75) is 0 Å². The number of hydrogen-bond acceptors (Lipinski definition) is 5. The molecule has 0 unspecified atom stereocenters. The highest BCUT2D eigenvalue weighted by atomic mass is 32.1. The molecule has 2 heterocycles. The Labute approximate surface area is 138 Å². The second-order valence-corrected chi connectivity index (χ2v) is 6.09. The molecule has 0 radical (unpaired) electrons. The molecule has 4 rings (SSSR count). The summed E-state index contributed by atoms with van der Waals surface area (Å²) in [6.07, 6.45) is 2.16. The fraction of sp³-hybridized carbons (Fsp3) is 0. The monoisotopic (exact) mass is 340 g/mol. The van der Waals surface area contributed by atoms with E-state index in [2.05, 4.69) is 5.16 Å². The molecule has 0 aliphatic carbocycles. The third-order valence-corrected chi connectivity index (χ3v) is 4.53. The van der Waals surface area contributed by atoms with Crippen molar-refractivity contribution in [3.05, 3.63) is 69.7 Å². The smallest absolute Gasteiger partial charge is 0.313 e.